The van der Waals surface area contributed by atoms with Crippen LogP contribution in [0.2, 0.25) is 0 Å². The first-order valence-corrected chi connectivity index (χ1v) is 6.48. The Morgan fingerprint density at radius 2 is 1.84 bits per heavy atom. The van der Waals surface area contributed by atoms with E-state index in [0.29, 0.717) is 19.8 Å². The molecule has 0 unspecified atom stereocenters. The van der Waals surface area contributed by atoms with E-state index in [2.05, 4.69) is 33.8 Å². The highest BCUT2D eigenvalue weighted by atomic mass is 16.7. The van der Waals surface area contributed by atoms with E-state index in [1.165, 1.54) is 16.3 Å². The van der Waals surface area contributed by atoms with Crippen LogP contribution in [-0.4, -0.2) is 29.1 Å². The molecule has 0 atom stereocenters. The number of aromatic nitrogens is 2. The van der Waals surface area contributed by atoms with Gasteiger partial charge in [0.2, 0.25) is 0 Å². The molecule has 0 amide bonds. The fourth-order valence-corrected chi connectivity index (χ4v) is 2.72. The number of benzene rings is 1. The van der Waals surface area contributed by atoms with Gasteiger partial charge in [0.1, 0.15) is 5.65 Å². The van der Waals surface area contributed by atoms with Crippen molar-refractivity contribution >= 4 is 21.9 Å². The minimum absolute atomic E-state index is 0.166. The Kier molecular flexibility index (Phi) is 2.50. The first-order valence-electron chi connectivity index (χ1n) is 6.48. The van der Waals surface area contributed by atoms with Gasteiger partial charge in [0, 0.05) is 17.0 Å². The second kappa shape index (κ2) is 4.33. The highest BCUT2D eigenvalue weighted by Crippen LogP contribution is 2.28. The van der Waals surface area contributed by atoms with Crippen molar-refractivity contribution in [3.8, 4) is 0 Å². The van der Waals surface area contributed by atoms with Crippen LogP contribution in [-0.2, 0) is 16.0 Å². The third kappa shape index (κ3) is 1.72. The molecule has 0 bridgehead atoms. The normalized spacial score (nSPS) is 16.6. The second-order valence-electron chi connectivity index (χ2n) is 4.67. The topological polar surface area (TPSA) is 36.3 Å². The molecule has 0 N–H and O–H groups in total. The Labute approximate surface area is 110 Å². The minimum atomic E-state index is -0.166. The molecule has 1 saturated heterocycles. The lowest BCUT2D eigenvalue weighted by molar-refractivity contribution is -0.0511. The maximum atomic E-state index is 5.55. The summed E-state index contributed by atoms with van der Waals surface area (Å²) in [5.41, 5.74) is 2.16. The number of para-hydroxylation sites is 1. The molecule has 4 heteroatoms. The summed E-state index contributed by atoms with van der Waals surface area (Å²) in [5.74, 6) is 0. The van der Waals surface area contributed by atoms with Gasteiger partial charge in [0.25, 0.3) is 0 Å². The van der Waals surface area contributed by atoms with Gasteiger partial charge in [-0.1, -0.05) is 18.2 Å². The summed E-state index contributed by atoms with van der Waals surface area (Å²) in [4.78, 5) is 4.51. The molecule has 3 aromatic rings. The summed E-state index contributed by atoms with van der Waals surface area (Å²) >= 11 is 0. The molecule has 0 saturated carbocycles. The molecule has 0 radical (unpaired) electrons. The van der Waals surface area contributed by atoms with Crippen molar-refractivity contribution in [1.29, 1.82) is 0 Å². The summed E-state index contributed by atoms with van der Waals surface area (Å²) < 4.78 is 13.3. The Morgan fingerprint density at radius 1 is 1.05 bits per heavy atom. The standard InChI is InChI=1S/C15H14N2O2/c1-2-6-13-11(4-1)12-5-3-7-16-15(12)17(13)10-14-18-8-9-19-14/h1-7,14H,8-10H2. The number of rotatable bonds is 2. The van der Waals surface area contributed by atoms with E-state index in [0.717, 1.165) is 5.65 Å². The number of ether oxygens (including phenoxy) is 2. The van der Waals surface area contributed by atoms with E-state index in [4.69, 9.17) is 9.47 Å². The number of fused-ring (bicyclic) bond motifs is 3. The monoisotopic (exact) mass is 254 g/mol. The van der Waals surface area contributed by atoms with E-state index < -0.39 is 0 Å². The summed E-state index contributed by atoms with van der Waals surface area (Å²) in [6.45, 7) is 2.03. The molecule has 1 aliphatic heterocycles. The van der Waals surface area contributed by atoms with E-state index in [1.54, 1.807) is 0 Å². The smallest absolute Gasteiger partial charge is 0.175 e. The largest absolute Gasteiger partial charge is 0.348 e. The molecule has 96 valence electrons. The van der Waals surface area contributed by atoms with Crippen molar-refractivity contribution in [2.24, 2.45) is 0 Å². The number of hydrogen-bond acceptors (Lipinski definition) is 3. The van der Waals surface area contributed by atoms with Crippen LogP contribution >= 0.6 is 0 Å². The van der Waals surface area contributed by atoms with Crippen molar-refractivity contribution in [3.63, 3.8) is 0 Å². The van der Waals surface area contributed by atoms with Gasteiger partial charge in [-0.25, -0.2) is 4.98 Å². The molecular weight excluding hydrogens is 240 g/mol. The second-order valence-corrected chi connectivity index (χ2v) is 4.67. The highest BCUT2D eigenvalue weighted by Gasteiger charge is 2.19. The molecule has 0 aliphatic carbocycles. The van der Waals surface area contributed by atoms with Gasteiger partial charge >= 0.3 is 0 Å². The zero-order valence-electron chi connectivity index (χ0n) is 10.5. The van der Waals surface area contributed by atoms with Gasteiger partial charge in [-0.3, -0.25) is 0 Å². The van der Waals surface area contributed by atoms with Crippen LogP contribution in [0.15, 0.2) is 42.6 Å². The van der Waals surface area contributed by atoms with Crippen molar-refractivity contribution < 1.29 is 9.47 Å². The Morgan fingerprint density at radius 3 is 2.74 bits per heavy atom. The maximum Gasteiger partial charge on any atom is 0.175 e. The van der Waals surface area contributed by atoms with Gasteiger partial charge in [-0.05, 0) is 18.2 Å². The van der Waals surface area contributed by atoms with Gasteiger partial charge in [-0.15, -0.1) is 0 Å². The molecule has 4 nitrogen and oxygen atoms in total. The average molecular weight is 254 g/mol. The molecule has 3 heterocycles. The molecule has 1 aromatic carbocycles. The number of hydrogen-bond donors (Lipinski definition) is 0. The quantitative estimate of drug-likeness (QED) is 0.705. The van der Waals surface area contributed by atoms with Crippen molar-refractivity contribution in [3.05, 3.63) is 42.6 Å². The lowest BCUT2D eigenvalue weighted by Gasteiger charge is -2.11. The summed E-state index contributed by atoms with van der Waals surface area (Å²) in [6.07, 6.45) is 1.66. The average Bonchev–Trinajstić information content (AvgIpc) is 3.08. The number of pyridine rings is 1. The predicted molar refractivity (Wildman–Crippen MR) is 72.9 cm³/mol. The molecule has 2 aromatic heterocycles. The van der Waals surface area contributed by atoms with Crippen LogP contribution in [0.4, 0.5) is 0 Å². The van der Waals surface area contributed by atoms with Crippen LogP contribution < -0.4 is 0 Å². The van der Waals surface area contributed by atoms with Crippen molar-refractivity contribution in [2.45, 2.75) is 12.8 Å². The van der Waals surface area contributed by atoms with Gasteiger partial charge in [0.15, 0.2) is 6.29 Å². The molecule has 4 rings (SSSR count). The van der Waals surface area contributed by atoms with Crippen LogP contribution in [0, 0.1) is 0 Å². The van der Waals surface area contributed by atoms with Gasteiger partial charge < -0.3 is 14.0 Å². The fraction of sp³-hybridized carbons (Fsp3) is 0.267. The van der Waals surface area contributed by atoms with E-state index in [-0.39, 0.29) is 6.29 Å². The van der Waals surface area contributed by atoms with Crippen LogP contribution in [0.1, 0.15) is 0 Å². The summed E-state index contributed by atoms with van der Waals surface area (Å²) in [6, 6.07) is 12.4. The van der Waals surface area contributed by atoms with Crippen molar-refractivity contribution in [1.82, 2.24) is 9.55 Å². The lowest BCUT2D eigenvalue weighted by atomic mass is 10.2. The molecule has 19 heavy (non-hydrogen) atoms. The molecule has 1 aliphatic rings. The third-order valence-corrected chi connectivity index (χ3v) is 3.55. The minimum Gasteiger partial charge on any atom is -0.348 e. The Bertz CT molecular complexity index is 676. The van der Waals surface area contributed by atoms with Crippen LogP contribution in [0.5, 0.6) is 0 Å². The van der Waals surface area contributed by atoms with Gasteiger partial charge in [0.05, 0.1) is 25.3 Å². The predicted octanol–water partition coefficient (Wildman–Crippen LogP) is 2.56. The first-order chi connectivity index (χ1) is 9.43. The Balaban J connectivity index is 1.94. The van der Waals surface area contributed by atoms with E-state index in [1.807, 2.05) is 18.3 Å². The SMILES string of the molecule is c1ccc2c(c1)c1cccnc1n2CC1OCCO1. The van der Waals surface area contributed by atoms with Gasteiger partial charge in [-0.2, -0.15) is 0 Å². The highest BCUT2D eigenvalue weighted by molar-refractivity contribution is 6.06. The van der Waals surface area contributed by atoms with E-state index in [9.17, 15) is 0 Å². The number of nitrogens with zero attached hydrogens (tertiary/aromatic N) is 2. The van der Waals surface area contributed by atoms with E-state index >= 15 is 0 Å². The molecule has 1 fully saturated rings. The first kappa shape index (κ1) is 11.0. The van der Waals surface area contributed by atoms with Crippen LogP contribution in [0.3, 0.4) is 0 Å². The maximum absolute atomic E-state index is 5.55. The Hall–Kier alpha value is -1.91. The lowest BCUT2D eigenvalue weighted by Crippen LogP contribution is -2.16. The summed E-state index contributed by atoms with van der Waals surface area (Å²) in [5, 5.41) is 2.40. The molecular formula is C15H14N2O2. The zero-order chi connectivity index (χ0) is 12.7. The zero-order valence-corrected chi connectivity index (χ0v) is 10.5. The summed E-state index contributed by atoms with van der Waals surface area (Å²) in [7, 11) is 0. The van der Waals surface area contributed by atoms with Crippen molar-refractivity contribution in [2.75, 3.05) is 13.2 Å². The third-order valence-electron chi connectivity index (χ3n) is 3.55. The molecule has 0 spiro atoms. The fourth-order valence-electron chi connectivity index (χ4n) is 2.72. The van der Waals surface area contributed by atoms with Crippen LogP contribution in [0.25, 0.3) is 21.9 Å².